The molecule has 1 aromatic rings. The maximum absolute atomic E-state index is 12.1. The fraction of sp³-hybridized carbons (Fsp3) is 0.417. The molecule has 2 rings (SSSR count). The van der Waals surface area contributed by atoms with Crippen molar-refractivity contribution in [3.63, 3.8) is 0 Å². The van der Waals surface area contributed by atoms with Crippen molar-refractivity contribution in [3.8, 4) is 5.75 Å². The molecular formula is C12H14N4O2. The molecule has 18 heavy (non-hydrogen) atoms. The number of anilines is 1. The standard InChI is InChI=1S/C12H14N4O2/c1-18-10-6-4-9(5-7-10)16-8-2-3-11(12(16)17)14-15-13/h4-7,11H,2-3,8H2,1H3. The second-order valence-corrected chi connectivity index (χ2v) is 4.05. The van der Waals surface area contributed by atoms with Crippen molar-refractivity contribution in [1.29, 1.82) is 0 Å². The van der Waals surface area contributed by atoms with Gasteiger partial charge in [-0.2, -0.15) is 0 Å². The quantitative estimate of drug-likeness (QED) is 0.466. The monoisotopic (exact) mass is 246 g/mol. The lowest BCUT2D eigenvalue weighted by Gasteiger charge is -2.30. The normalized spacial score (nSPS) is 19.3. The number of carbonyl (C=O) groups excluding carboxylic acids is 1. The molecule has 1 saturated heterocycles. The molecular weight excluding hydrogens is 232 g/mol. The van der Waals surface area contributed by atoms with Crippen LogP contribution in [0.4, 0.5) is 5.69 Å². The lowest BCUT2D eigenvalue weighted by atomic mass is 10.0. The van der Waals surface area contributed by atoms with E-state index in [1.165, 1.54) is 0 Å². The Hall–Kier alpha value is -2.20. The topological polar surface area (TPSA) is 78.3 Å². The van der Waals surface area contributed by atoms with Crippen LogP contribution in [0.3, 0.4) is 0 Å². The van der Waals surface area contributed by atoms with E-state index in [9.17, 15) is 4.79 Å². The van der Waals surface area contributed by atoms with Crippen molar-refractivity contribution in [3.05, 3.63) is 34.7 Å². The SMILES string of the molecule is COc1ccc(N2CCCC(N=[N+]=[N-])C2=O)cc1. The highest BCUT2D eigenvalue weighted by Gasteiger charge is 2.28. The van der Waals surface area contributed by atoms with E-state index in [0.29, 0.717) is 13.0 Å². The maximum atomic E-state index is 12.1. The van der Waals surface area contributed by atoms with Gasteiger partial charge in [-0.05, 0) is 42.6 Å². The molecule has 1 amide bonds. The summed E-state index contributed by atoms with van der Waals surface area (Å²) < 4.78 is 5.07. The zero-order valence-corrected chi connectivity index (χ0v) is 10.1. The molecule has 1 aliphatic rings. The van der Waals surface area contributed by atoms with Gasteiger partial charge < -0.3 is 9.64 Å². The van der Waals surface area contributed by atoms with E-state index in [-0.39, 0.29) is 5.91 Å². The fourth-order valence-electron chi connectivity index (χ4n) is 2.04. The predicted molar refractivity (Wildman–Crippen MR) is 67.5 cm³/mol. The number of azide groups is 1. The Morgan fingerprint density at radius 1 is 1.44 bits per heavy atom. The number of hydrogen-bond acceptors (Lipinski definition) is 3. The molecule has 0 N–H and O–H groups in total. The van der Waals surface area contributed by atoms with Gasteiger partial charge in [0.2, 0.25) is 5.91 Å². The number of amides is 1. The molecule has 1 heterocycles. The Bertz CT molecular complexity index is 479. The van der Waals surface area contributed by atoms with Gasteiger partial charge in [-0.25, -0.2) is 0 Å². The largest absolute Gasteiger partial charge is 0.497 e. The number of carbonyl (C=O) groups is 1. The zero-order chi connectivity index (χ0) is 13.0. The second kappa shape index (κ2) is 5.42. The summed E-state index contributed by atoms with van der Waals surface area (Å²) in [7, 11) is 1.60. The number of hydrogen-bond donors (Lipinski definition) is 0. The number of benzene rings is 1. The lowest BCUT2D eigenvalue weighted by molar-refractivity contribution is -0.120. The first kappa shape index (κ1) is 12.3. The summed E-state index contributed by atoms with van der Waals surface area (Å²) in [4.78, 5) is 16.5. The van der Waals surface area contributed by atoms with Gasteiger partial charge >= 0.3 is 0 Å². The Kier molecular flexibility index (Phi) is 3.69. The molecule has 0 spiro atoms. The van der Waals surface area contributed by atoms with Gasteiger partial charge in [0.15, 0.2) is 0 Å². The molecule has 1 atom stereocenters. The first-order chi connectivity index (χ1) is 8.76. The van der Waals surface area contributed by atoms with Crippen LogP contribution in [0.5, 0.6) is 5.75 Å². The van der Waals surface area contributed by atoms with Gasteiger partial charge in [-0.3, -0.25) is 4.79 Å². The molecule has 6 heteroatoms. The Balaban J connectivity index is 2.20. The van der Waals surface area contributed by atoms with Crippen LogP contribution in [0.2, 0.25) is 0 Å². The summed E-state index contributed by atoms with van der Waals surface area (Å²) in [6.07, 6.45) is 1.46. The van der Waals surface area contributed by atoms with Crippen LogP contribution in [0.15, 0.2) is 29.4 Å². The van der Waals surface area contributed by atoms with Crippen molar-refractivity contribution >= 4 is 11.6 Å². The molecule has 6 nitrogen and oxygen atoms in total. The third-order valence-corrected chi connectivity index (χ3v) is 2.99. The number of rotatable bonds is 3. The predicted octanol–water partition coefficient (Wildman–Crippen LogP) is 2.50. The van der Waals surface area contributed by atoms with Crippen molar-refractivity contribution in [2.75, 3.05) is 18.6 Å². The summed E-state index contributed by atoms with van der Waals surface area (Å²) in [5.41, 5.74) is 9.24. The number of piperidine rings is 1. The van der Waals surface area contributed by atoms with E-state index in [1.54, 1.807) is 24.1 Å². The minimum Gasteiger partial charge on any atom is -0.497 e. The summed E-state index contributed by atoms with van der Waals surface area (Å²) in [5, 5.41) is 3.54. The van der Waals surface area contributed by atoms with Crippen LogP contribution < -0.4 is 9.64 Å². The first-order valence-corrected chi connectivity index (χ1v) is 5.76. The van der Waals surface area contributed by atoms with Crippen molar-refractivity contribution < 1.29 is 9.53 Å². The number of ether oxygens (including phenoxy) is 1. The molecule has 0 saturated carbocycles. The van der Waals surface area contributed by atoms with E-state index in [0.717, 1.165) is 17.9 Å². The summed E-state index contributed by atoms with van der Waals surface area (Å²) in [5.74, 6) is 0.610. The summed E-state index contributed by atoms with van der Waals surface area (Å²) in [6.45, 7) is 0.655. The van der Waals surface area contributed by atoms with Crippen LogP contribution in [0.25, 0.3) is 10.4 Å². The molecule has 1 unspecified atom stereocenters. The Labute approximate surface area is 105 Å². The smallest absolute Gasteiger partial charge is 0.235 e. The highest BCUT2D eigenvalue weighted by molar-refractivity contribution is 5.98. The lowest BCUT2D eigenvalue weighted by Crippen LogP contribution is -2.43. The molecule has 1 fully saturated rings. The van der Waals surface area contributed by atoms with Gasteiger partial charge in [-0.15, -0.1) is 0 Å². The van der Waals surface area contributed by atoms with Crippen LogP contribution in [-0.2, 0) is 4.79 Å². The Morgan fingerprint density at radius 3 is 2.78 bits per heavy atom. The molecule has 0 radical (unpaired) electrons. The maximum Gasteiger partial charge on any atom is 0.235 e. The summed E-state index contributed by atoms with van der Waals surface area (Å²) >= 11 is 0. The van der Waals surface area contributed by atoms with Gasteiger partial charge in [0.1, 0.15) is 11.8 Å². The highest BCUT2D eigenvalue weighted by Crippen LogP contribution is 2.24. The van der Waals surface area contributed by atoms with Crippen LogP contribution >= 0.6 is 0 Å². The fourth-order valence-corrected chi connectivity index (χ4v) is 2.04. The van der Waals surface area contributed by atoms with E-state index in [4.69, 9.17) is 10.3 Å². The molecule has 94 valence electrons. The van der Waals surface area contributed by atoms with Crippen LogP contribution in [-0.4, -0.2) is 25.6 Å². The molecule has 0 aromatic heterocycles. The van der Waals surface area contributed by atoms with E-state index < -0.39 is 6.04 Å². The third kappa shape index (κ3) is 2.38. The van der Waals surface area contributed by atoms with E-state index in [1.807, 2.05) is 12.1 Å². The van der Waals surface area contributed by atoms with E-state index in [2.05, 4.69) is 10.0 Å². The van der Waals surface area contributed by atoms with Crippen molar-refractivity contribution in [2.24, 2.45) is 5.11 Å². The zero-order valence-electron chi connectivity index (χ0n) is 10.1. The minimum absolute atomic E-state index is 0.135. The van der Waals surface area contributed by atoms with Gasteiger partial charge in [0, 0.05) is 17.1 Å². The molecule has 1 aromatic carbocycles. The molecule has 0 bridgehead atoms. The van der Waals surface area contributed by atoms with Crippen molar-refractivity contribution in [1.82, 2.24) is 0 Å². The molecule has 1 aliphatic heterocycles. The number of methoxy groups -OCH3 is 1. The summed E-state index contributed by atoms with van der Waals surface area (Å²) in [6, 6.07) is 6.69. The second-order valence-electron chi connectivity index (χ2n) is 4.05. The van der Waals surface area contributed by atoms with Gasteiger partial charge in [0.25, 0.3) is 0 Å². The van der Waals surface area contributed by atoms with Gasteiger partial charge in [0.05, 0.1) is 7.11 Å². The average molecular weight is 246 g/mol. The first-order valence-electron chi connectivity index (χ1n) is 5.76. The number of nitrogens with zero attached hydrogens (tertiary/aromatic N) is 4. The van der Waals surface area contributed by atoms with E-state index >= 15 is 0 Å². The molecule has 0 aliphatic carbocycles. The van der Waals surface area contributed by atoms with Gasteiger partial charge in [-0.1, -0.05) is 5.11 Å². The third-order valence-electron chi connectivity index (χ3n) is 2.99. The average Bonchev–Trinajstić information content (AvgIpc) is 2.42. The highest BCUT2D eigenvalue weighted by atomic mass is 16.5. The van der Waals surface area contributed by atoms with Crippen LogP contribution in [0, 0.1) is 0 Å². The minimum atomic E-state index is -0.578. The van der Waals surface area contributed by atoms with Crippen LogP contribution in [0.1, 0.15) is 12.8 Å². The Morgan fingerprint density at radius 2 is 2.17 bits per heavy atom. The van der Waals surface area contributed by atoms with Crippen molar-refractivity contribution in [2.45, 2.75) is 18.9 Å².